The number of nitrogens with two attached hydrogens (primary N) is 1. The number of aliphatic imine (C=N–C) groups is 1. The molecule has 0 amide bonds. The molecule has 3 nitrogen and oxygen atoms in total. The quantitative estimate of drug-likeness (QED) is 0.809. The van der Waals surface area contributed by atoms with Crippen LogP contribution in [0, 0.1) is 6.92 Å². The van der Waals surface area contributed by atoms with E-state index in [0.29, 0.717) is 5.84 Å². The van der Waals surface area contributed by atoms with Crippen molar-refractivity contribution in [3.8, 4) is 0 Å². The van der Waals surface area contributed by atoms with E-state index in [1.54, 1.807) is 0 Å². The van der Waals surface area contributed by atoms with Crippen molar-refractivity contribution in [2.24, 2.45) is 10.7 Å². The van der Waals surface area contributed by atoms with Crippen molar-refractivity contribution < 1.29 is 0 Å². The highest BCUT2D eigenvalue weighted by molar-refractivity contribution is 7.16. The summed E-state index contributed by atoms with van der Waals surface area (Å²) in [7, 11) is 0. The van der Waals surface area contributed by atoms with Crippen molar-refractivity contribution in [3.63, 3.8) is 0 Å². The van der Waals surface area contributed by atoms with Gasteiger partial charge in [0.2, 0.25) is 0 Å². The smallest absolute Gasteiger partial charge is 0.131 e. The SMILES string of the molecule is CCc1sc2c(c1C)C(N)=N[C@@H](CC)N2. The lowest BCUT2D eigenvalue weighted by Crippen LogP contribution is -2.28. The summed E-state index contributed by atoms with van der Waals surface area (Å²) in [5.41, 5.74) is 8.42. The first kappa shape index (κ1) is 10.5. The van der Waals surface area contributed by atoms with Gasteiger partial charge >= 0.3 is 0 Å². The van der Waals surface area contributed by atoms with E-state index in [0.717, 1.165) is 18.4 Å². The summed E-state index contributed by atoms with van der Waals surface area (Å²) in [6.07, 6.45) is 2.19. The van der Waals surface area contributed by atoms with Gasteiger partial charge in [0.15, 0.2) is 0 Å². The number of anilines is 1. The monoisotopic (exact) mass is 223 g/mol. The Bertz CT molecular complexity index is 406. The van der Waals surface area contributed by atoms with Gasteiger partial charge in [-0.25, -0.2) is 4.99 Å². The molecular formula is C11H17N3S. The third kappa shape index (κ3) is 1.63. The maximum Gasteiger partial charge on any atom is 0.131 e. The van der Waals surface area contributed by atoms with Crippen LogP contribution in [0.1, 0.15) is 36.3 Å². The van der Waals surface area contributed by atoms with E-state index < -0.39 is 0 Å². The van der Waals surface area contributed by atoms with E-state index in [2.05, 4.69) is 31.1 Å². The van der Waals surface area contributed by atoms with Crippen LogP contribution >= 0.6 is 11.3 Å². The number of rotatable bonds is 2. The van der Waals surface area contributed by atoms with E-state index in [1.807, 2.05) is 11.3 Å². The maximum absolute atomic E-state index is 6.00. The van der Waals surface area contributed by atoms with Gasteiger partial charge in [0.25, 0.3) is 0 Å². The van der Waals surface area contributed by atoms with Crippen LogP contribution in [0.4, 0.5) is 5.00 Å². The van der Waals surface area contributed by atoms with Crippen LogP contribution in [0.15, 0.2) is 4.99 Å². The van der Waals surface area contributed by atoms with Crippen molar-refractivity contribution in [1.29, 1.82) is 0 Å². The second-order valence-electron chi connectivity index (χ2n) is 3.79. The lowest BCUT2D eigenvalue weighted by atomic mass is 10.1. The normalized spacial score (nSPS) is 19.4. The van der Waals surface area contributed by atoms with Crippen molar-refractivity contribution in [3.05, 3.63) is 16.0 Å². The molecule has 1 atom stereocenters. The van der Waals surface area contributed by atoms with Gasteiger partial charge in [0.05, 0.1) is 5.56 Å². The van der Waals surface area contributed by atoms with Gasteiger partial charge in [0.1, 0.15) is 17.0 Å². The number of amidine groups is 1. The van der Waals surface area contributed by atoms with Crippen LogP contribution in [0.5, 0.6) is 0 Å². The molecule has 82 valence electrons. The average Bonchev–Trinajstić information content (AvgIpc) is 2.55. The highest BCUT2D eigenvalue weighted by Crippen LogP contribution is 2.36. The van der Waals surface area contributed by atoms with Gasteiger partial charge < -0.3 is 11.1 Å². The van der Waals surface area contributed by atoms with Gasteiger partial charge in [0, 0.05) is 4.88 Å². The third-order valence-electron chi connectivity index (χ3n) is 2.80. The summed E-state index contributed by atoms with van der Waals surface area (Å²) >= 11 is 1.81. The van der Waals surface area contributed by atoms with Crippen molar-refractivity contribution >= 4 is 22.2 Å². The summed E-state index contributed by atoms with van der Waals surface area (Å²) in [5.74, 6) is 0.698. The summed E-state index contributed by atoms with van der Waals surface area (Å²) in [5, 5.41) is 4.62. The fourth-order valence-corrected chi connectivity index (χ4v) is 3.12. The number of nitrogens with one attached hydrogen (secondary N) is 1. The number of aryl methyl sites for hydroxylation is 1. The number of nitrogens with zero attached hydrogens (tertiary/aromatic N) is 1. The zero-order valence-electron chi connectivity index (χ0n) is 9.42. The van der Waals surface area contributed by atoms with Crippen LogP contribution in [-0.2, 0) is 6.42 Å². The van der Waals surface area contributed by atoms with Crippen LogP contribution in [0.25, 0.3) is 0 Å². The van der Waals surface area contributed by atoms with Crippen molar-refractivity contribution in [1.82, 2.24) is 0 Å². The molecule has 3 N–H and O–H groups in total. The van der Waals surface area contributed by atoms with Crippen LogP contribution in [0.3, 0.4) is 0 Å². The third-order valence-corrected chi connectivity index (χ3v) is 4.17. The van der Waals surface area contributed by atoms with E-state index in [1.165, 1.54) is 15.4 Å². The average molecular weight is 223 g/mol. The summed E-state index contributed by atoms with van der Waals surface area (Å²) in [6.45, 7) is 6.42. The molecule has 1 aliphatic heterocycles. The Hall–Kier alpha value is -1.03. The topological polar surface area (TPSA) is 50.4 Å². The highest BCUT2D eigenvalue weighted by Gasteiger charge is 2.23. The number of hydrogen-bond donors (Lipinski definition) is 2. The molecule has 1 aromatic heterocycles. The molecule has 15 heavy (non-hydrogen) atoms. The zero-order valence-corrected chi connectivity index (χ0v) is 10.2. The summed E-state index contributed by atoms with van der Waals surface area (Å²) < 4.78 is 0. The minimum atomic E-state index is 0.153. The highest BCUT2D eigenvalue weighted by atomic mass is 32.1. The van der Waals surface area contributed by atoms with E-state index in [9.17, 15) is 0 Å². The molecule has 0 radical (unpaired) electrons. The zero-order chi connectivity index (χ0) is 11.0. The predicted molar refractivity (Wildman–Crippen MR) is 66.9 cm³/mol. The van der Waals surface area contributed by atoms with Gasteiger partial charge in [-0.3, -0.25) is 0 Å². The molecule has 1 aliphatic rings. The Balaban J connectivity index is 2.47. The number of fused-ring (bicyclic) bond motifs is 1. The molecule has 0 saturated heterocycles. The molecule has 0 spiro atoms. The standard InChI is InChI=1S/C11H17N3S/c1-4-7-6(3)9-10(12)13-8(5-2)14-11(9)15-7/h8,14H,4-5H2,1-3H3,(H2,12,13)/t8-/m1/s1. The Morgan fingerprint density at radius 1 is 1.47 bits per heavy atom. The molecule has 2 heterocycles. The molecule has 0 bridgehead atoms. The minimum absolute atomic E-state index is 0.153. The van der Waals surface area contributed by atoms with Crippen LogP contribution in [0.2, 0.25) is 0 Å². The molecule has 1 aromatic rings. The van der Waals surface area contributed by atoms with Crippen molar-refractivity contribution in [2.45, 2.75) is 39.8 Å². The first-order valence-corrected chi connectivity index (χ1v) is 6.21. The molecular weight excluding hydrogens is 206 g/mol. The van der Waals surface area contributed by atoms with Gasteiger partial charge in [-0.2, -0.15) is 0 Å². The lowest BCUT2D eigenvalue weighted by molar-refractivity contribution is 0.727. The Kier molecular flexibility index (Phi) is 2.69. The first-order chi connectivity index (χ1) is 7.17. The largest absolute Gasteiger partial charge is 0.383 e. The van der Waals surface area contributed by atoms with Gasteiger partial charge in [-0.05, 0) is 25.3 Å². The number of hydrogen-bond acceptors (Lipinski definition) is 4. The van der Waals surface area contributed by atoms with Gasteiger partial charge in [-0.15, -0.1) is 11.3 Å². The number of thiophene rings is 1. The van der Waals surface area contributed by atoms with Crippen LogP contribution in [-0.4, -0.2) is 12.0 Å². The molecule has 0 aromatic carbocycles. The fraction of sp³-hybridized carbons (Fsp3) is 0.545. The second-order valence-corrected chi connectivity index (χ2v) is 4.90. The minimum Gasteiger partial charge on any atom is -0.383 e. The second kappa shape index (κ2) is 3.85. The Labute approximate surface area is 94.4 Å². The molecule has 0 unspecified atom stereocenters. The Morgan fingerprint density at radius 3 is 2.80 bits per heavy atom. The van der Waals surface area contributed by atoms with E-state index in [-0.39, 0.29) is 6.17 Å². The fourth-order valence-electron chi connectivity index (χ4n) is 1.92. The van der Waals surface area contributed by atoms with Crippen LogP contribution < -0.4 is 11.1 Å². The molecule has 0 saturated carbocycles. The van der Waals surface area contributed by atoms with Crippen molar-refractivity contribution in [2.75, 3.05) is 5.32 Å². The Morgan fingerprint density at radius 2 is 2.20 bits per heavy atom. The first-order valence-electron chi connectivity index (χ1n) is 5.39. The molecule has 0 aliphatic carbocycles. The maximum atomic E-state index is 6.00. The summed E-state index contributed by atoms with van der Waals surface area (Å²) in [4.78, 5) is 5.85. The van der Waals surface area contributed by atoms with E-state index in [4.69, 9.17) is 5.73 Å². The molecule has 2 rings (SSSR count). The lowest BCUT2D eigenvalue weighted by Gasteiger charge is -2.20. The summed E-state index contributed by atoms with van der Waals surface area (Å²) in [6, 6.07) is 0. The van der Waals surface area contributed by atoms with E-state index >= 15 is 0 Å². The van der Waals surface area contributed by atoms with Gasteiger partial charge in [-0.1, -0.05) is 13.8 Å². The molecule has 0 fully saturated rings. The molecule has 4 heteroatoms. The predicted octanol–water partition coefficient (Wildman–Crippen LogP) is 2.49.